The van der Waals surface area contributed by atoms with Crippen molar-refractivity contribution in [3.8, 4) is 0 Å². The van der Waals surface area contributed by atoms with Gasteiger partial charge in [-0.25, -0.2) is 4.79 Å². The Kier molecular flexibility index (Phi) is 7.57. The first-order valence-electron chi connectivity index (χ1n) is 10.5. The molecule has 0 aromatic rings. The lowest BCUT2D eigenvalue weighted by molar-refractivity contribution is -0.184. The maximum absolute atomic E-state index is 12.8. The summed E-state index contributed by atoms with van der Waals surface area (Å²) in [6.07, 6.45) is 1.36. The molecular formula is C22H33F3O4. The quantitative estimate of drug-likeness (QED) is 0.586. The lowest BCUT2D eigenvalue weighted by atomic mass is 9.73. The third-order valence-electron chi connectivity index (χ3n) is 6.54. The number of halogens is 3. The van der Waals surface area contributed by atoms with Crippen LogP contribution in [0.1, 0.15) is 66.2 Å². The molecule has 2 saturated carbocycles. The molecule has 166 valence electrons. The molecule has 7 heteroatoms. The van der Waals surface area contributed by atoms with Gasteiger partial charge in [0.15, 0.2) is 11.4 Å². The van der Waals surface area contributed by atoms with E-state index in [1.54, 1.807) is 19.9 Å². The molecule has 2 atom stereocenters. The number of carbonyl (C=O) groups is 2. The number of carboxylic acids is 1. The summed E-state index contributed by atoms with van der Waals surface area (Å²) < 4.78 is 44.2. The fraction of sp³-hybridized carbons (Fsp3) is 0.818. The lowest BCUT2D eigenvalue weighted by Gasteiger charge is -2.41. The van der Waals surface area contributed by atoms with Gasteiger partial charge in [0.25, 0.3) is 0 Å². The van der Waals surface area contributed by atoms with E-state index >= 15 is 0 Å². The SMILES string of the molecule is CC1CC(/C=C/C(=O)C2CCC(C(F)(F)F)CC2)CC(C)C1OC(C)(C)C(=O)O. The largest absolute Gasteiger partial charge is 0.479 e. The van der Waals surface area contributed by atoms with Gasteiger partial charge in [-0.1, -0.05) is 19.9 Å². The van der Waals surface area contributed by atoms with Crippen LogP contribution in [0.25, 0.3) is 0 Å². The molecule has 2 fully saturated rings. The van der Waals surface area contributed by atoms with Crippen LogP contribution in [-0.4, -0.2) is 34.7 Å². The summed E-state index contributed by atoms with van der Waals surface area (Å²) in [5, 5.41) is 9.29. The predicted molar refractivity (Wildman–Crippen MR) is 103 cm³/mol. The van der Waals surface area contributed by atoms with Crippen molar-refractivity contribution >= 4 is 11.8 Å². The number of rotatable bonds is 6. The van der Waals surface area contributed by atoms with Gasteiger partial charge in [0.2, 0.25) is 0 Å². The average molecular weight is 418 g/mol. The second-order valence-electron chi connectivity index (χ2n) is 9.44. The molecular weight excluding hydrogens is 385 g/mol. The molecule has 2 aliphatic rings. The van der Waals surface area contributed by atoms with E-state index in [0.29, 0.717) is 12.8 Å². The van der Waals surface area contributed by atoms with E-state index in [9.17, 15) is 27.9 Å². The van der Waals surface area contributed by atoms with Gasteiger partial charge in [-0.3, -0.25) is 4.79 Å². The van der Waals surface area contributed by atoms with E-state index in [2.05, 4.69) is 0 Å². The molecule has 2 rings (SSSR count). The molecule has 0 spiro atoms. The summed E-state index contributed by atoms with van der Waals surface area (Å²) in [6.45, 7) is 7.15. The van der Waals surface area contributed by atoms with Crippen LogP contribution in [0.4, 0.5) is 13.2 Å². The smallest absolute Gasteiger partial charge is 0.391 e. The third-order valence-corrected chi connectivity index (χ3v) is 6.54. The second kappa shape index (κ2) is 9.19. The minimum Gasteiger partial charge on any atom is -0.479 e. The average Bonchev–Trinajstić information content (AvgIpc) is 2.62. The Morgan fingerprint density at radius 1 is 1.00 bits per heavy atom. The number of allylic oxidation sites excluding steroid dienone is 2. The predicted octanol–water partition coefficient (Wildman–Crippen LogP) is 5.41. The first kappa shape index (κ1) is 23.9. The van der Waals surface area contributed by atoms with E-state index in [0.717, 1.165) is 12.8 Å². The minimum absolute atomic E-state index is 0.0314. The Labute approximate surface area is 170 Å². The van der Waals surface area contributed by atoms with Crippen molar-refractivity contribution in [3.05, 3.63) is 12.2 Å². The molecule has 0 amide bonds. The molecule has 0 radical (unpaired) electrons. The van der Waals surface area contributed by atoms with Gasteiger partial charge in [0.1, 0.15) is 0 Å². The number of aliphatic carboxylic acids is 1. The highest BCUT2D eigenvalue weighted by Crippen LogP contribution is 2.40. The van der Waals surface area contributed by atoms with Crippen LogP contribution >= 0.6 is 0 Å². The van der Waals surface area contributed by atoms with Gasteiger partial charge in [0.05, 0.1) is 12.0 Å². The van der Waals surface area contributed by atoms with Gasteiger partial charge in [0, 0.05) is 5.92 Å². The van der Waals surface area contributed by atoms with Crippen molar-refractivity contribution in [2.45, 2.75) is 84.1 Å². The van der Waals surface area contributed by atoms with Gasteiger partial charge in [-0.15, -0.1) is 0 Å². The maximum Gasteiger partial charge on any atom is 0.391 e. The Morgan fingerprint density at radius 2 is 1.52 bits per heavy atom. The Hall–Kier alpha value is -1.37. The molecule has 1 N–H and O–H groups in total. The summed E-state index contributed by atoms with van der Waals surface area (Å²) in [7, 11) is 0. The first-order valence-corrected chi connectivity index (χ1v) is 10.5. The second-order valence-corrected chi connectivity index (χ2v) is 9.44. The Morgan fingerprint density at radius 3 is 1.97 bits per heavy atom. The molecule has 4 nitrogen and oxygen atoms in total. The molecule has 2 unspecified atom stereocenters. The van der Waals surface area contributed by atoms with Crippen molar-refractivity contribution in [1.29, 1.82) is 0 Å². The van der Waals surface area contributed by atoms with Gasteiger partial charge < -0.3 is 9.84 Å². The van der Waals surface area contributed by atoms with E-state index < -0.39 is 23.7 Å². The van der Waals surface area contributed by atoms with Crippen molar-refractivity contribution in [1.82, 2.24) is 0 Å². The molecule has 0 aliphatic heterocycles. The lowest BCUT2D eigenvalue weighted by Crippen LogP contribution is -2.45. The number of hydrogen-bond acceptors (Lipinski definition) is 3. The molecule has 0 saturated heterocycles. The van der Waals surface area contributed by atoms with Crippen molar-refractivity contribution in [2.75, 3.05) is 0 Å². The van der Waals surface area contributed by atoms with E-state index in [4.69, 9.17) is 4.74 Å². The summed E-state index contributed by atoms with van der Waals surface area (Å²) in [4.78, 5) is 23.8. The summed E-state index contributed by atoms with van der Waals surface area (Å²) in [6, 6.07) is 0. The zero-order valence-electron chi connectivity index (χ0n) is 17.7. The zero-order valence-corrected chi connectivity index (χ0v) is 17.7. The number of carbonyl (C=O) groups excluding carboxylic acids is 1. The molecule has 0 aromatic carbocycles. The summed E-state index contributed by atoms with van der Waals surface area (Å²) >= 11 is 0. The highest BCUT2D eigenvalue weighted by atomic mass is 19.4. The van der Waals surface area contributed by atoms with Crippen molar-refractivity contribution in [3.63, 3.8) is 0 Å². The Bertz CT molecular complexity index is 606. The van der Waals surface area contributed by atoms with Crippen LogP contribution < -0.4 is 0 Å². The Balaban J connectivity index is 1.88. The van der Waals surface area contributed by atoms with Gasteiger partial charge >= 0.3 is 12.1 Å². The summed E-state index contributed by atoms with van der Waals surface area (Å²) in [5.74, 6) is -2.18. The topological polar surface area (TPSA) is 63.6 Å². The minimum atomic E-state index is -4.16. The van der Waals surface area contributed by atoms with Crippen LogP contribution in [0.5, 0.6) is 0 Å². The number of alkyl halides is 3. The number of carboxylic acid groups (broad SMARTS) is 1. The monoisotopic (exact) mass is 418 g/mol. The van der Waals surface area contributed by atoms with Crippen LogP contribution in [0.2, 0.25) is 0 Å². The molecule has 0 heterocycles. The number of ether oxygens (including phenoxy) is 1. The number of ketones is 1. The molecule has 29 heavy (non-hydrogen) atoms. The van der Waals surface area contributed by atoms with E-state index in [-0.39, 0.29) is 48.4 Å². The van der Waals surface area contributed by atoms with Crippen molar-refractivity contribution in [2.24, 2.45) is 29.6 Å². The van der Waals surface area contributed by atoms with Gasteiger partial charge in [-0.2, -0.15) is 13.2 Å². The van der Waals surface area contributed by atoms with Crippen LogP contribution in [0.3, 0.4) is 0 Å². The van der Waals surface area contributed by atoms with E-state index in [1.807, 2.05) is 19.9 Å². The normalized spacial score (nSPS) is 34.3. The van der Waals surface area contributed by atoms with E-state index in [1.165, 1.54) is 0 Å². The fourth-order valence-electron chi connectivity index (χ4n) is 4.73. The van der Waals surface area contributed by atoms with Crippen molar-refractivity contribution < 1.29 is 32.6 Å². The highest BCUT2D eigenvalue weighted by molar-refractivity contribution is 5.91. The first-order chi connectivity index (χ1) is 13.3. The van der Waals surface area contributed by atoms with Gasteiger partial charge in [-0.05, 0) is 76.2 Å². The number of hydrogen-bond donors (Lipinski definition) is 1. The third kappa shape index (κ3) is 6.30. The van der Waals surface area contributed by atoms with Crippen LogP contribution in [0, 0.1) is 29.6 Å². The van der Waals surface area contributed by atoms with Crippen LogP contribution in [-0.2, 0) is 14.3 Å². The fourth-order valence-corrected chi connectivity index (χ4v) is 4.73. The highest BCUT2D eigenvalue weighted by Gasteiger charge is 2.42. The zero-order chi connectivity index (χ0) is 22.0. The maximum atomic E-state index is 12.8. The van der Waals surface area contributed by atoms with Crippen LogP contribution in [0.15, 0.2) is 12.2 Å². The molecule has 0 bridgehead atoms. The molecule has 0 aromatic heterocycles. The molecule has 2 aliphatic carbocycles. The standard InChI is InChI=1S/C22H33F3O4/c1-13-11-15(12-14(2)19(13)29-21(3,4)20(27)28)5-10-18(26)16-6-8-17(9-7-16)22(23,24)25/h5,10,13-17,19H,6-9,11-12H2,1-4H3,(H,27,28)/b10-5+. The summed E-state index contributed by atoms with van der Waals surface area (Å²) in [5.41, 5.74) is -1.25.